The van der Waals surface area contributed by atoms with E-state index in [0.29, 0.717) is 0 Å². The number of fused-ring (bicyclic) bond motifs is 1. The van der Waals surface area contributed by atoms with Gasteiger partial charge in [0.25, 0.3) is 0 Å². The van der Waals surface area contributed by atoms with E-state index in [9.17, 15) is 0 Å². The first-order chi connectivity index (χ1) is 10.2. The lowest BCUT2D eigenvalue weighted by atomic mass is 9.86. The van der Waals surface area contributed by atoms with Crippen LogP contribution in [0, 0.1) is 6.92 Å². The average molecular weight is 313 g/mol. The SMILES string of the molecule is Cc1ccc2c(c1C(S)=C(S)c1ccccc1)CCCC2. The number of benzene rings is 2. The Morgan fingerprint density at radius 1 is 0.857 bits per heavy atom. The molecule has 0 aliphatic heterocycles. The van der Waals surface area contributed by atoms with Gasteiger partial charge in [-0.3, -0.25) is 0 Å². The van der Waals surface area contributed by atoms with Gasteiger partial charge >= 0.3 is 0 Å². The highest BCUT2D eigenvalue weighted by molar-refractivity contribution is 7.96. The van der Waals surface area contributed by atoms with Crippen molar-refractivity contribution in [3.8, 4) is 0 Å². The second kappa shape index (κ2) is 6.33. The Balaban J connectivity index is 2.16. The van der Waals surface area contributed by atoms with Gasteiger partial charge in [-0.25, -0.2) is 0 Å². The number of hydrogen-bond donors (Lipinski definition) is 2. The fourth-order valence-electron chi connectivity index (χ4n) is 3.13. The van der Waals surface area contributed by atoms with Gasteiger partial charge in [0.05, 0.1) is 0 Å². The van der Waals surface area contributed by atoms with Crippen molar-refractivity contribution in [2.24, 2.45) is 0 Å². The summed E-state index contributed by atoms with van der Waals surface area (Å²) in [5, 5.41) is 0. The molecular formula is C19H20S2. The molecule has 0 unspecified atom stereocenters. The van der Waals surface area contributed by atoms with Gasteiger partial charge in [0.15, 0.2) is 0 Å². The highest BCUT2D eigenvalue weighted by Crippen LogP contribution is 2.38. The molecule has 21 heavy (non-hydrogen) atoms. The van der Waals surface area contributed by atoms with Crippen molar-refractivity contribution in [3.05, 3.63) is 70.3 Å². The van der Waals surface area contributed by atoms with Crippen molar-refractivity contribution in [2.75, 3.05) is 0 Å². The standard InChI is InChI=1S/C19H20S2/c1-13-11-12-14-7-5-6-10-16(14)17(13)19(21)18(20)15-8-3-2-4-9-15/h2-4,8-9,11-12,20-21H,5-7,10H2,1H3. The van der Waals surface area contributed by atoms with Gasteiger partial charge in [0.2, 0.25) is 0 Å². The molecule has 3 rings (SSSR count). The molecule has 0 saturated heterocycles. The molecule has 0 heterocycles. The van der Waals surface area contributed by atoms with E-state index in [1.54, 1.807) is 0 Å². The monoisotopic (exact) mass is 312 g/mol. The first kappa shape index (κ1) is 14.8. The van der Waals surface area contributed by atoms with Crippen LogP contribution in [0.3, 0.4) is 0 Å². The maximum atomic E-state index is 4.83. The zero-order valence-electron chi connectivity index (χ0n) is 12.3. The van der Waals surface area contributed by atoms with E-state index in [4.69, 9.17) is 25.3 Å². The normalized spacial score (nSPS) is 15.4. The molecule has 0 aromatic heterocycles. The summed E-state index contributed by atoms with van der Waals surface area (Å²) in [5.74, 6) is 0. The number of hydrogen-bond acceptors (Lipinski definition) is 2. The molecule has 1 aliphatic carbocycles. The predicted molar refractivity (Wildman–Crippen MR) is 99.0 cm³/mol. The summed E-state index contributed by atoms with van der Waals surface area (Å²) < 4.78 is 0. The zero-order valence-corrected chi connectivity index (χ0v) is 14.1. The molecule has 0 N–H and O–H groups in total. The minimum atomic E-state index is 0.959. The van der Waals surface area contributed by atoms with Crippen LogP contribution in [0.15, 0.2) is 42.5 Å². The lowest BCUT2D eigenvalue weighted by Crippen LogP contribution is -2.07. The van der Waals surface area contributed by atoms with Crippen LogP contribution in [0.4, 0.5) is 0 Å². The van der Waals surface area contributed by atoms with Crippen LogP contribution in [-0.2, 0) is 12.8 Å². The summed E-state index contributed by atoms with van der Waals surface area (Å²) >= 11 is 9.58. The molecule has 108 valence electrons. The zero-order chi connectivity index (χ0) is 14.8. The van der Waals surface area contributed by atoms with Crippen molar-refractivity contribution in [3.63, 3.8) is 0 Å². The Hall–Kier alpha value is -1.12. The molecule has 0 amide bonds. The van der Waals surface area contributed by atoms with Crippen LogP contribution in [0.5, 0.6) is 0 Å². The third-order valence-electron chi connectivity index (χ3n) is 4.25. The van der Waals surface area contributed by atoms with Crippen molar-refractivity contribution < 1.29 is 0 Å². The molecule has 1 aliphatic rings. The van der Waals surface area contributed by atoms with E-state index in [1.165, 1.54) is 41.5 Å². The summed E-state index contributed by atoms with van der Waals surface area (Å²) in [6, 6.07) is 14.8. The van der Waals surface area contributed by atoms with Crippen molar-refractivity contribution in [1.82, 2.24) is 0 Å². The van der Waals surface area contributed by atoms with Crippen molar-refractivity contribution in [1.29, 1.82) is 0 Å². The Bertz CT molecular complexity index is 684. The Labute approximate surface area is 138 Å². The first-order valence-corrected chi connectivity index (χ1v) is 8.37. The molecule has 0 radical (unpaired) electrons. The highest BCUT2D eigenvalue weighted by atomic mass is 32.1. The fraction of sp³-hybridized carbons (Fsp3) is 0.263. The average Bonchev–Trinajstić information content (AvgIpc) is 2.54. The molecule has 0 saturated carbocycles. The van der Waals surface area contributed by atoms with Crippen LogP contribution in [-0.4, -0.2) is 0 Å². The van der Waals surface area contributed by atoms with E-state index in [1.807, 2.05) is 18.2 Å². The van der Waals surface area contributed by atoms with Crippen LogP contribution in [0.1, 0.15) is 40.7 Å². The smallest absolute Gasteiger partial charge is 0.0258 e. The molecule has 0 spiro atoms. The lowest BCUT2D eigenvalue weighted by Gasteiger charge is -2.22. The third kappa shape index (κ3) is 2.93. The van der Waals surface area contributed by atoms with E-state index < -0.39 is 0 Å². The van der Waals surface area contributed by atoms with Crippen molar-refractivity contribution >= 4 is 35.1 Å². The van der Waals surface area contributed by atoms with E-state index >= 15 is 0 Å². The van der Waals surface area contributed by atoms with E-state index in [0.717, 1.165) is 21.8 Å². The number of thiol groups is 2. The van der Waals surface area contributed by atoms with Crippen LogP contribution < -0.4 is 0 Å². The van der Waals surface area contributed by atoms with Gasteiger partial charge in [-0.2, -0.15) is 0 Å². The predicted octanol–water partition coefficient (Wildman–Crippen LogP) is 5.56. The number of aryl methyl sites for hydroxylation is 2. The summed E-state index contributed by atoms with van der Waals surface area (Å²) in [4.78, 5) is 1.96. The van der Waals surface area contributed by atoms with Crippen LogP contribution in [0.25, 0.3) is 9.81 Å². The lowest BCUT2D eigenvalue weighted by molar-refractivity contribution is 0.684. The maximum Gasteiger partial charge on any atom is 0.0258 e. The Morgan fingerprint density at radius 2 is 1.57 bits per heavy atom. The molecule has 2 aromatic rings. The maximum absolute atomic E-state index is 4.83. The molecule has 0 nitrogen and oxygen atoms in total. The topological polar surface area (TPSA) is 0 Å². The van der Waals surface area contributed by atoms with E-state index in [2.05, 4.69) is 31.2 Å². The Kier molecular flexibility index (Phi) is 4.46. The third-order valence-corrected chi connectivity index (χ3v) is 5.35. The summed E-state index contributed by atoms with van der Waals surface area (Å²) in [6.45, 7) is 2.17. The molecule has 0 fully saturated rings. The first-order valence-electron chi connectivity index (χ1n) is 7.48. The van der Waals surface area contributed by atoms with Gasteiger partial charge in [-0.05, 0) is 60.4 Å². The van der Waals surface area contributed by atoms with Crippen LogP contribution >= 0.6 is 25.3 Å². The minimum Gasteiger partial charge on any atom is -0.142 e. The second-order valence-corrected chi connectivity index (χ2v) is 6.56. The summed E-state index contributed by atoms with van der Waals surface area (Å²) in [7, 11) is 0. The van der Waals surface area contributed by atoms with Gasteiger partial charge in [0.1, 0.15) is 0 Å². The van der Waals surface area contributed by atoms with Gasteiger partial charge < -0.3 is 0 Å². The second-order valence-electron chi connectivity index (χ2n) is 5.67. The van der Waals surface area contributed by atoms with Crippen molar-refractivity contribution in [2.45, 2.75) is 32.6 Å². The van der Waals surface area contributed by atoms with E-state index in [-0.39, 0.29) is 0 Å². The van der Waals surface area contributed by atoms with Gasteiger partial charge in [-0.15, -0.1) is 25.3 Å². The molecule has 0 atom stereocenters. The molecule has 0 bridgehead atoms. The highest BCUT2D eigenvalue weighted by Gasteiger charge is 2.18. The minimum absolute atomic E-state index is 0.959. The van der Waals surface area contributed by atoms with Gasteiger partial charge in [-0.1, -0.05) is 42.5 Å². The quantitative estimate of drug-likeness (QED) is 0.526. The molecule has 2 heteroatoms. The molecule has 2 aromatic carbocycles. The fourth-order valence-corrected chi connectivity index (χ4v) is 3.83. The van der Waals surface area contributed by atoms with Gasteiger partial charge in [0, 0.05) is 9.81 Å². The van der Waals surface area contributed by atoms with Crippen LogP contribution in [0.2, 0.25) is 0 Å². The largest absolute Gasteiger partial charge is 0.142 e. The summed E-state index contributed by atoms with van der Waals surface area (Å²) in [5.41, 5.74) is 6.68. The molecular weight excluding hydrogens is 292 g/mol. The number of rotatable bonds is 2. The summed E-state index contributed by atoms with van der Waals surface area (Å²) in [6.07, 6.45) is 4.93. The Morgan fingerprint density at radius 3 is 2.33 bits per heavy atom.